The molecule has 2 heterocycles. The highest BCUT2D eigenvalue weighted by atomic mass is 79.9. The molecule has 0 bridgehead atoms. The number of allylic oxidation sites excluding steroid dienone is 1. The van der Waals surface area contributed by atoms with Gasteiger partial charge < -0.3 is 19.4 Å². The quantitative estimate of drug-likeness (QED) is 0.0695. The van der Waals surface area contributed by atoms with Gasteiger partial charge in [0.2, 0.25) is 11.8 Å². The van der Waals surface area contributed by atoms with E-state index in [2.05, 4.69) is 92.2 Å². The predicted molar refractivity (Wildman–Crippen MR) is 217 cm³/mol. The Morgan fingerprint density at radius 3 is 2.24 bits per heavy atom. The van der Waals surface area contributed by atoms with Gasteiger partial charge in [0.25, 0.3) is 8.32 Å². The van der Waals surface area contributed by atoms with Gasteiger partial charge in [-0.15, -0.1) is 0 Å². The van der Waals surface area contributed by atoms with E-state index in [-0.39, 0.29) is 41.0 Å². The van der Waals surface area contributed by atoms with Crippen LogP contribution < -0.4 is 10.4 Å². The second-order valence-electron chi connectivity index (χ2n) is 16.0. The van der Waals surface area contributed by atoms with Gasteiger partial charge in [-0.3, -0.25) is 19.3 Å². The molecule has 286 valence electrons. The number of fused-ring (bicyclic) bond motifs is 3. The van der Waals surface area contributed by atoms with E-state index in [1.807, 2.05) is 30.3 Å². The Balaban J connectivity index is 1.33. The lowest BCUT2D eigenvalue weighted by Gasteiger charge is -2.44. The summed E-state index contributed by atoms with van der Waals surface area (Å²) in [6.07, 6.45) is 5.43. The zero-order chi connectivity index (χ0) is 38.6. The molecule has 8 nitrogen and oxygen atoms in total. The number of nitrogens with zero attached hydrogens (tertiary/aromatic N) is 1. The molecule has 0 radical (unpaired) electrons. The minimum atomic E-state index is -2.92. The van der Waals surface area contributed by atoms with Crippen molar-refractivity contribution in [2.75, 3.05) is 19.8 Å². The average Bonchev–Trinajstić information content (AvgIpc) is 3.67. The van der Waals surface area contributed by atoms with Gasteiger partial charge in [0.05, 0.1) is 31.2 Å². The number of carbonyl (C=O) groups is 3. The Morgan fingerprint density at radius 2 is 1.61 bits per heavy atom. The number of imide groups is 1. The van der Waals surface area contributed by atoms with Crippen molar-refractivity contribution in [2.45, 2.75) is 83.8 Å². The summed E-state index contributed by atoms with van der Waals surface area (Å²) in [7, 11) is -2.92. The Morgan fingerprint density at radius 1 is 0.944 bits per heavy atom. The number of phenolic OH excluding ortho intramolecular Hbond substituents is 1. The van der Waals surface area contributed by atoms with E-state index in [4.69, 9.17) is 14.3 Å². The molecule has 2 N–H and O–H groups in total. The first-order chi connectivity index (χ1) is 25.8. The zero-order valence-corrected chi connectivity index (χ0v) is 34.3. The molecule has 2 saturated heterocycles. The third-order valence-electron chi connectivity index (χ3n) is 11.4. The number of ether oxygens (including phenoxy) is 1. The van der Waals surface area contributed by atoms with Gasteiger partial charge in [-0.2, -0.15) is 0 Å². The van der Waals surface area contributed by atoms with Crippen LogP contribution in [-0.4, -0.2) is 67.1 Å². The molecule has 1 aliphatic carbocycles. The Labute approximate surface area is 328 Å². The van der Waals surface area contributed by atoms with Crippen LogP contribution in [0.4, 0.5) is 0 Å². The first-order valence-corrected chi connectivity index (χ1v) is 21.8. The van der Waals surface area contributed by atoms with Crippen molar-refractivity contribution in [1.29, 1.82) is 0 Å². The topological polar surface area (TPSA) is 113 Å². The number of likely N-dealkylation sites (tertiary alicyclic amines) is 1. The highest BCUT2D eigenvalue weighted by Crippen LogP contribution is 2.50. The van der Waals surface area contributed by atoms with Crippen LogP contribution in [0.3, 0.4) is 0 Å². The van der Waals surface area contributed by atoms with Crippen LogP contribution in [-0.2, 0) is 23.5 Å². The number of halogens is 1. The molecular weight excluding hydrogens is 762 g/mol. The smallest absolute Gasteiger partial charge is 0.303 e. The summed E-state index contributed by atoms with van der Waals surface area (Å²) in [6.45, 7) is 9.82. The average molecular weight is 815 g/mol. The molecule has 3 aliphatic rings. The van der Waals surface area contributed by atoms with Gasteiger partial charge in [-0.05, 0) is 83.8 Å². The van der Waals surface area contributed by atoms with Gasteiger partial charge >= 0.3 is 5.97 Å². The number of carbonyl (C=O) groups excluding carboxylic acids is 2. The van der Waals surface area contributed by atoms with Crippen molar-refractivity contribution >= 4 is 58.5 Å². The lowest BCUT2D eigenvalue weighted by atomic mass is 9.69. The lowest BCUT2D eigenvalue weighted by molar-refractivity contribution is -0.141. The van der Waals surface area contributed by atoms with Crippen LogP contribution in [0.25, 0.3) is 6.08 Å². The highest BCUT2D eigenvalue weighted by Gasteiger charge is 2.57. The maximum absolute atomic E-state index is 14.1. The van der Waals surface area contributed by atoms with E-state index in [9.17, 15) is 19.5 Å². The molecule has 2 fully saturated rings. The number of hydrogen-bond acceptors (Lipinski definition) is 6. The third-order valence-corrected chi connectivity index (χ3v) is 16.9. The first kappa shape index (κ1) is 39.8. The molecule has 10 heteroatoms. The number of phenols is 1. The van der Waals surface area contributed by atoms with E-state index in [0.717, 1.165) is 33.2 Å². The molecule has 3 aromatic carbocycles. The summed E-state index contributed by atoms with van der Waals surface area (Å²) >= 11 is 3.50. The number of aliphatic carboxylic acids is 1. The van der Waals surface area contributed by atoms with Crippen LogP contribution in [0.5, 0.6) is 5.75 Å². The Hall–Kier alpha value is -3.83. The number of hydrogen-bond donors (Lipinski definition) is 2. The molecule has 54 heavy (non-hydrogen) atoms. The molecule has 4 atom stereocenters. The maximum Gasteiger partial charge on any atom is 0.303 e. The number of benzene rings is 3. The molecule has 3 aromatic rings. The van der Waals surface area contributed by atoms with E-state index in [1.165, 1.54) is 15.3 Å². The maximum atomic E-state index is 14.1. The van der Waals surface area contributed by atoms with Crippen LogP contribution in [0, 0.1) is 17.8 Å². The second kappa shape index (κ2) is 16.9. The third kappa shape index (κ3) is 8.22. The molecule has 2 amide bonds. The van der Waals surface area contributed by atoms with E-state index >= 15 is 0 Å². The largest absolute Gasteiger partial charge is 0.507 e. The zero-order valence-electron chi connectivity index (χ0n) is 31.7. The van der Waals surface area contributed by atoms with Gasteiger partial charge in [0.1, 0.15) is 5.75 Å². The van der Waals surface area contributed by atoms with Crippen molar-refractivity contribution in [3.63, 3.8) is 0 Å². The van der Waals surface area contributed by atoms with E-state index in [1.54, 1.807) is 6.07 Å². The number of unbranched alkanes of at least 4 members (excludes halogenated alkanes) is 2. The molecular formula is C44H52BrNO7Si. The van der Waals surface area contributed by atoms with Gasteiger partial charge in [0.15, 0.2) is 0 Å². The summed E-state index contributed by atoms with van der Waals surface area (Å²) < 4.78 is 14.9. The van der Waals surface area contributed by atoms with Crippen molar-refractivity contribution < 1.29 is 33.8 Å². The van der Waals surface area contributed by atoms with Crippen LogP contribution in [0.1, 0.15) is 78.2 Å². The van der Waals surface area contributed by atoms with Crippen molar-refractivity contribution in [2.24, 2.45) is 17.8 Å². The standard InChI is InChI=1S/C44H52BrNO7Si/c1-29(24-30-25-32(45)20-21-37(30)47)19-22-38-40-31(27-53-54(44(2,3)4,33-14-8-5-9-15-33)34-16-10-6-11-17-34)26-35-41(36(40)28-52-38)43(51)46(42(35)50)23-13-7-12-18-39(48)49/h5-6,8-11,14-17,20-21,24-25,35-36,38,41,47H,7,12-13,18-19,22-23,26-28H2,1-4H3,(H,48,49)/b29-24+/t35-,36+,38-,41-/m1/s1. The molecule has 6 rings (SSSR count). The summed E-state index contributed by atoms with van der Waals surface area (Å²) in [5.41, 5.74) is 4.00. The number of carboxylic acid groups (broad SMARTS) is 1. The van der Waals surface area contributed by atoms with Crippen molar-refractivity contribution in [3.8, 4) is 5.75 Å². The first-order valence-electron chi connectivity index (χ1n) is 19.1. The fourth-order valence-corrected chi connectivity index (χ4v) is 13.8. The highest BCUT2D eigenvalue weighted by molar-refractivity contribution is 9.10. The summed E-state index contributed by atoms with van der Waals surface area (Å²) in [4.78, 5) is 40.6. The molecule has 0 unspecified atom stereocenters. The van der Waals surface area contributed by atoms with Gasteiger partial charge in [0, 0.05) is 28.9 Å². The second-order valence-corrected chi connectivity index (χ2v) is 21.3. The minimum absolute atomic E-state index is 0.0780. The summed E-state index contributed by atoms with van der Waals surface area (Å²) in [5, 5.41) is 21.6. The monoisotopic (exact) mass is 813 g/mol. The summed E-state index contributed by atoms with van der Waals surface area (Å²) in [6, 6.07) is 26.4. The molecule has 0 saturated carbocycles. The lowest BCUT2D eigenvalue weighted by Crippen LogP contribution is -2.66. The fourth-order valence-electron chi connectivity index (χ4n) is 8.91. The van der Waals surface area contributed by atoms with Gasteiger partial charge in [-0.25, -0.2) is 0 Å². The molecule has 0 aromatic heterocycles. The predicted octanol–water partition coefficient (Wildman–Crippen LogP) is 7.88. The van der Waals surface area contributed by atoms with E-state index in [0.29, 0.717) is 51.9 Å². The van der Waals surface area contributed by atoms with Gasteiger partial charge in [-0.1, -0.05) is 115 Å². The van der Waals surface area contributed by atoms with Crippen molar-refractivity contribution in [1.82, 2.24) is 4.90 Å². The summed E-state index contributed by atoms with van der Waals surface area (Å²) in [5.74, 6) is -2.08. The number of rotatable bonds is 15. The number of carboxylic acids is 1. The van der Waals surface area contributed by atoms with E-state index < -0.39 is 26.1 Å². The minimum Gasteiger partial charge on any atom is -0.507 e. The normalized spacial score (nSPS) is 21.8. The Kier molecular flexibility index (Phi) is 12.5. The number of amides is 2. The van der Waals surface area contributed by atoms with Crippen LogP contribution in [0.2, 0.25) is 5.04 Å². The van der Waals surface area contributed by atoms with Crippen LogP contribution >= 0.6 is 15.9 Å². The molecule has 2 aliphatic heterocycles. The van der Waals surface area contributed by atoms with Crippen LogP contribution in [0.15, 0.2) is 100 Å². The fraction of sp³-hybridized carbons (Fsp3) is 0.432. The number of aromatic hydroxyl groups is 1. The Bertz CT molecular complexity index is 1870. The SMILES string of the molecule is C/C(=C\c1cc(Br)ccc1O)CC[C@H]1OC[C@H]2C1=C(CO[Si](c1ccccc1)(c1ccccc1)C(C)(C)C)C[C@H]1C(=O)N(CCCCCC(=O)O)C(=O)[C@H]12. The molecule has 0 spiro atoms. The van der Waals surface area contributed by atoms with Crippen molar-refractivity contribution in [3.05, 3.63) is 106 Å².